The van der Waals surface area contributed by atoms with Gasteiger partial charge < -0.3 is 4.74 Å². The molecule has 0 aliphatic heterocycles. The van der Waals surface area contributed by atoms with Crippen LogP contribution in [-0.4, -0.2) is 12.7 Å². The lowest BCUT2D eigenvalue weighted by Gasteiger charge is -2.31. The van der Waals surface area contributed by atoms with Crippen LogP contribution >= 0.6 is 0 Å². The van der Waals surface area contributed by atoms with Crippen LogP contribution in [0.1, 0.15) is 114 Å². The molecule has 0 spiro atoms. The van der Waals surface area contributed by atoms with Gasteiger partial charge in [-0.05, 0) is 105 Å². The van der Waals surface area contributed by atoms with E-state index in [1.807, 2.05) is 19.1 Å². The standard InChI is InChI=1S/C30H41F3O/c1-3-5-20-6-10-23(11-7-20)26-16-17-27(30(33)29(26)32)24-12-14-25(15-13-24)34-19-21-8-9-22(4-2)28(31)18-21/h8,16-18,20,22-25H,3-7,9-15,19H2,1-2H3/t20?,22-,23?,24?,25?/m0/s1. The van der Waals surface area contributed by atoms with Crippen LogP contribution in [0.3, 0.4) is 0 Å². The first-order valence-corrected chi connectivity index (χ1v) is 13.7. The molecule has 0 amide bonds. The van der Waals surface area contributed by atoms with Crippen LogP contribution in [-0.2, 0) is 4.74 Å². The summed E-state index contributed by atoms with van der Waals surface area (Å²) in [7, 11) is 0. The number of benzene rings is 1. The minimum atomic E-state index is -0.629. The molecule has 0 bridgehead atoms. The highest BCUT2D eigenvalue weighted by atomic mass is 19.2. The first kappa shape index (κ1) is 25.5. The molecule has 0 heterocycles. The van der Waals surface area contributed by atoms with E-state index in [4.69, 9.17) is 4.74 Å². The third kappa shape index (κ3) is 5.98. The summed E-state index contributed by atoms with van der Waals surface area (Å²) in [6, 6.07) is 3.71. The lowest BCUT2D eigenvalue weighted by Crippen LogP contribution is -2.23. The van der Waals surface area contributed by atoms with Gasteiger partial charge in [0.25, 0.3) is 0 Å². The van der Waals surface area contributed by atoms with Crippen molar-refractivity contribution in [3.8, 4) is 0 Å². The van der Waals surface area contributed by atoms with Gasteiger partial charge in [0.05, 0.1) is 12.7 Å². The van der Waals surface area contributed by atoms with Crippen LogP contribution in [0.15, 0.2) is 35.7 Å². The van der Waals surface area contributed by atoms with Crippen LogP contribution in [0.25, 0.3) is 0 Å². The van der Waals surface area contributed by atoms with E-state index in [-0.39, 0.29) is 29.7 Å². The van der Waals surface area contributed by atoms with E-state index in [2.05, 4.69) is 13.0 Å². The van der Waals surface area contributed by atoms with Gasteiger partial charge in [0.2, 0.25) is 0 Å². The summed E-state index contributed by atoms with van der Waals surface area (Å²) in [5.41, 5.74) is 2.03. The molecule has 2 saturated carbocycles. The highest BCUT2D eigenvalue weighted by molar-refractivity contribution is 5.32. The Kier molecular flexibility index (Phi) is 8.96. The van der Waals surface area contributed by atoms with E-state index in [0.717, 1.165) is 75.7 Å². The van der Waals surface area contributed by atoms with Crippen LogP contribution in [0.2, 0.25) is 0 Å². The zero-order valence-corrected chi connectivity index (χ0v) is 20.9. The number of hydrogen-bond donors (Lipinski definition) is 0. The fourth-order valence-electron chi connectivity index (χ4n) is 6.36. The predicted octanol–water partition coefficient (Wildman–Crippen LogP) is 9.29. The van der Waals surface area contributed by atoms with Gasteiger partial charge in [-0.2, -0.15) is 0 Å². The second-order valence-electron chi connectivity index (χ2n) is 10.8. The number of halogens is 3. The monoisotopic (exact) mass is 474 g/mol. The molecular formula is C30H41F3O. The van der Waals surface area contributed by atoms with E-state index >= 15 is 8.78 Å². The second kappa shape index (κ2) is 11.9. The summed E-state index contributed by atoms with van der Waals surface area (Å²) in [6.45, 7) is 4.65. The average molecular weight is 475 g/mol. The molecule has 1 aromatic carbocycles. The van der Waals surface area contributed by atoms with Crippen molar-refractivity contribution in [3.63, 3.8) is 0 Å². The Morgan fingerprint density at radius 3 is 1.94 bits per heavy atom. The average Bonchev–Trinajstić information content (AvgIpc) is 2.86. The Hall–Kier alpha value is -1.55. The molecule has 0 radical (unpaired) electrons. The largest absolute Gasteiger partial charge is 0.374 e. The molecule has 4 rings (SSSR count). The Morgan fingerprint density at radius 1 is 0.824 bits per heavy atom. The number of ether oxygens (including phenoxy) is 1. The lowest BCUT2D eigenvalue weighted by molar-refractivity contribution is 0.0389. The van der Waals surface area contributed by atoms with Crippen LogP contribution in [0.4, 0.5) is 13.2 Å². The molecule has 0 N–H and O–H groups in total. The van der Waals surface area contributed by atoms with Crippen LogP contribution in [0, 0.1) is 23.5 Å². The second-order valence-corrected chi connectivity index (χ2v) is 10.8. The van der Waals surface area contributed by atoms with Gasteiger partial charge in [-0.25, -0.2) is 13.2 Å². The summed E-state index contributed by atoms with van der Waals surface area (Å²) in [4.78, 5) is 0. The van der Waals surface area contributed by atoms with Crippen LogP contribution < -0.4 is 0 Å². The summed E-state index contributed by atoms with van der Waals surface area (Å²) in [5.74, 6) is -0.321. The number of rotatable bonds is 8. The maximum absolute atomic E-state index is 15.1. The molecule has 0 unspecified atom stereocenters. The summed E-state index contributed by atoms with van der Waals surface area (Å²) in [6.07, 6.45) is 15.3. The first-order valence-electron chi connectivity index (χ1n) is 13.7. The van der Waals surface area contributed by atoms with Crippen LogP contribution in [0.5, 0.6) is 0 Å². The molecule has 1 aromatic rings. The SMILES string of the molecule is CCCC1CCC(c2ccc(C3CCC(OCC4=CC[C@H](CC)C(F)=C4)CC3)c(F)c2F)CC1. The zero-order chi connectivity index (χ0) is 24.1. The fourth-order valence-corrected chi connectivity index (χ4v) is 6.36. The van der Waals surface area contributed by atoms with E-state index < -0.39 is 11.6 Å². The van der Waals surface area contributed by atoms with Crippen molar-refractivity contribution >= 4 is 0 Å². The normalized spacial score (nSPS) is 30.1. The van der Waals surface area contributed by atoms with Crippen molar-refractivity contribution in [2.24, 2.45) is 11.8 Å². The molecule has 34 heavy (non-hydrogen) atoms. The summed E-state index contributed by atoms with van der Waals surface area (Å²) in [5, 5.41) is 0. The molecule has 1 nitrogen and oxygen atoms in total. The molecule has 0 aromatic heterocycles. The first-order chi connectivity index (χ1) is 16.5. The number of allylic oxidation sites excluding steroid dienone is 2. The number of hydrogen-bond acceptors (Lipinski definition) is 1. The highest BCUT2D eigenvalue weighted by Gasteiger charge is 2.30. The van der Waals surface area contributed by atoms with E-state index in [1.165, 1.54) is 12.8 Å². The molecule has 2 fully saturated rings. The third-order valence-corrected chi connectivity index (χ3v) is 8.60. The van der Waals surface area contributed by atoms with Crippen molar-refractivity contribution in [3.05, 3.63) is 58.4 Å². The minimum absolute atomic E-state index is 0.0111. The topological polar surface area (TPSA) is 9.23 Å². The van der Waals surface area contributed by atoms with E-state index in [0.29, 0.717) is 17.7 Å². The van der Waals surface area contributed by atoms with E-state index in [9.17, 15) is 4.39 Å². The maximum Gasteiger partial charge on any atom is 0.162 e. The molecular weight excluding hydrogens is 433 g/mol. The molecule has 3 aliphatic rings. The third-order valence-electron chi connectivity index (χ3n) is 8.60. The smallest absolute Gasteiger partial charge is 0.162 e. The summed E-state index contributed by atoms with van der Waals surface area (Å²) < 4.78 is 50.3. The molecule has 4 heteroatoms. The van der Waals surface area contributed by atoms with Crippen molar-refractivity contribution < 1.29 is 17.9 Å². The molecule has 0 saturated heterocycles. The Labute approximate surface area is 203 Å². The molecule has 3 aliphatic carbocycles. The quantitative estimate of drug-likeness (QED) is 0.365. The highest BCUT2D eigenvalue weighted by Crippen LogP contribution is 2.41. The molecule has 1 atom stereocenters. The lowest BCUT2D eigenvalue weighted by atomic mass is 9.76. The summed E-state index contributed by atoms with van der Waals surface area (Å²) >= 11 is 0. The molecule has 188 valence electrons. The Balaban J connectivity index is 1.29. The van der Waals surface area contributed by atoms with Crippen molar-refractivity contribution in [1.29, 1.82) is 0 Å². The fraction of sp³-hybridized carbons (Fsp3) is 0.667. The van der Waals surface area contributed by atoms with Gasteiger partial charge in [-0.3, -0.25) is 0 Å². The predicted molar refractivity (Wildman–Crippen MR) is 133 cm³/mol. The van der Waals surface area contributed by atoms with Crippen molar-refractivity contribution in [2.45, 2.75) is 109 Å². The van der Waals surface area contributed by atoms with Gasteiger partial charge >= 0.3 is 0 Å². The van der Waals surface area contributed by atoms with Gasteiger partial charge in [0, 0.05) is 5.92 Å². The van der Waals surface area contributed by atoms with Gasteiger partial charge in [0.15, 0.2) is 11.6 Å². The van der Waals surface area contributed by atoms with Gasteiger partial charge in [-0.15, -0.1) is 0 Å². The maximum atomic E-state index is 15.1. The van der Waals surface area contributed by atoms with Crippen molar-refractivity contribution in [1.82, 2.24) is 0 Å². The van der Waals surface area contributed by atoms with E-state index in [1.54, 1.807) is 6.08 Å². The Bertz CT molecular complexity index is 873. The zero-order valence-electron chi connectivity index (χ0n) is 20.9. The van der Waals surface area contributed by atoms with Gasteiger partial charge in [0.1, 0.15) is 5.83 Å². The van der Waals surface area contributed by atoms with Gasteiger partial charge in [-0.1, -0.05) is 44.9 Å². The van der Waals surface area contributed by atoms with Crippen molar-refractivity contribution in [2.75, 3.05) is 6.61 Å². The Morgan fingerprint density at radius 2 is 1.41 bits per heavy atom. The minimum Gasteiger partial charge on any atom is -0.374 e.